The molecule has 0 saturated heterocycles. The van der Waals surface area contributed by atoms with Gasteiger partial charge in [-0.15, -0.1) is 0 Å². The van der Waals surface area contributed by atoms with Crippen LogP contribution < -0.4 is 0 Å². The number of sulfone groups is 1. The Labute approximate surface area is 180 Å². The number of esters is 1. The SMILES string of the molecule is CCCCCC(O)/C=C/C1C=C(S(C)(=O)=O)C(=O)C1C(O)CCCCCC(=O)OC. The fraction of sp³-hybridized carbons (Fsp3) is 0.727. The van der Waals surface area contributed by atoms with Crippen LogP contribution in [0.15, 0.2) is 23.1 Å². The largest absolute Gasteiger partial charge is 0.469 e. The monoisotopic (exact) mass is 444 g/mol. The molecule has 0 heterocycles. The van der Waals surface area contributed by atoms with Crippen LogP contribution in [0, 0.1) is 11.8 Å². The number of unbranched alkanes of at least 4 members (excludes halogenated alkanes) is 4. The van der Waals surface area contributed by atoms with E-state index in [4.69, 9.17) is 0 Å². The van der Waals surface area contributed by atoms with Gasteiger partial charge < -0.3 is 14.9 Å². The van der Waals surface area contributed by atoms with Gasteiger partial charge in [0.1, 0.15) is 4.91 Å². The molecular formula is C22H36O7S. The summed E-state index contributed by atoms with van der Waals surface area (Å²) in [4.78, 5) is 23.6. The van der Waals surface area contributed by atoms with E-state index in [9.17, 15) is 28.2 Å². The minimum absolute atomic E-state index is 0.271. The smallest absolute Gasteiger partial charge is 0.305 e. The Kier molecular flexibility index (Phi) is 11.5. The van der Waals surface area contributed by atoms with Gasteiger partial charge in [-0.3, -0.25) is 9.59 Å². The van der Waals surface area contributed by atoms with Crippen LogP contribution in [0.3, 0.4) is 0 Å². The van der Waals surface area contributed by atoms with Crippen molar-refractivity contribution in [1.29, 1.82) is 0 Å². The number of carbonyl (C=O) groups excluding carboxylic acids is 2. The number of allylic oxidation sites excluding steroid dienone is 3. The second kappa shape index (κ2) is 13.0. The molecule has 0 amide bonds. The highest BCUT2D eigenvalue weighted by atomic mass is 32.2. The molecule has 0 spiro atoms. The van der Waals surface area contributed by atoms with Crippen LogP contribution in [-0.2, 0) is 24.2 Å². The standard InChI is InChI=1S/C22H36O7S/c1-4-5-7-10-17(23)14-13-16-15-19(30(3,27)28)22(26)21(16)18(24)11-8-6-9-12-20(25)29-2/h13-18,21,23-24H,4-12H2,1-3H3/b14-13+. The van der Waals surface area contributed by atoms with Gasteiger partial charge in [-0.2, -0.15) is 0 Å². The summed E-state index contributed by atoms with van der Waals surface area (Å²) in [7, 11) is -2.36. The molecule has 4 unspecified atom stereocenters. The quantitative estimate of drug-likeness (QED) is 0.240. The summed E-state index contributed by atoms with van der Waals surface area (Å²) in [6, 6.07) is 0. The third-order valence-corrected chi connectivity index (χ3v) is 6.52. The molecule has 0 radical (unpaired) electrons. The molecule has 172 valence electrons. The van der Waals surface area contributed by atoms with Crippen molar-refractivity contribution in [2.75, 3.05) is 13.4 Å². The maximum atomic E-state index is 12.7. The van der Waals surface area contributed by atoms with E-state index in [0.717, 1.165) is 25.5 Å². The molecule has 0 saturated carbocycles. The minimum atomic E-state index is -3.70. The van der Waals surface area contributed by atoms with Gasteiger partial charge in [-0.05, 0) is 19.3 Å². The number of ether oxygens (including phenoxy) is 1. The lowest BCUT2D eigenvalue weighted by Gasteiger charge is -2.22. The highest BCUT2D eigenvalue weighted by molar-refractivity contribution is 7.95. The number of Topliss-reactive ketones (excluding diaryl/α,β-unsaturated/α-hetero) is 1. The molecule has 0 bridgehead atoms. The highest BCUT2D eigenvalue weighted by Gasteiger charge is 2.42. The molecule has 0 aromatic heterocycles. The number of carbonyl (C=O) groups is 2. The second-order valence-electron chi connectivity index (χ2n) is 7.96. The van der Waals surface area contributed by atoms with E-state index in [0.29, 0.717) is 38.5 Å². The van der Waals surface area contributed by atoms with Gasteiger partial charge in [0.05, 0.1) is 25.2 Å². The molecule has 30 heavy (non-hydrogen) atoms. The van der Waals surface area contributed by atoms with Crippen molar-refractivity contribution < 1.29 is 33.0 Å². The first-order valence-corrected chi connectivity index (χ1v) is 12.6. The van der Waals surface area contributed by atoms with Crippen molar-refractivity contribution in [2.24, 2.45) is 11.8 Å². The van der Waals surface area contributed by atoms with Crippen LogP contribution >= 0.6 is 0 Å². The lowest BCUT2D eigenvalue weighted by Crippen LogP contribution is -2.31. The summed E-state index contributed by atoms with van der Waals surface area (Å²) < 4.78 is 28.5. The topological polar surface area (TPSA) is 118 Å². The lowest BCUT2D eigenvalue weighted by atomic mass is 9.86. The van der Waals surface area contributed by atoms with E-state index >= 15 is 0 Å². The van der Waals surface area contributed by atoms with Crippen LogP contribution in [-0.4, -0.2) is 56.0 Å². The van der Waals surface area contributed by atoms with E-state index in [2.05, 4.69) is 11.7 Å². The van der Waals surface area contributed by atoms with Crippen LogP contribution in [0.25, 0.3) is 0 Å². The van der Waals surface area contributed by atoms with Crippen LogP contribution in [0.1, 0.15) is 64.7 Å². The van der Waals surface area contributed by atoms with Crippen LogP contribution in [0.2, 0.25) is 0 Å². The van der Waals surface area contributed by atoms with E-state index < -0.39 is 39.7 Å². The van der Waals surface area contributed by atoms with Gasteiger partial charge in [-0.1, -0.05) is 57.3 Å². The zero-order chi connectivity index (χ0) is 22.7. The van der Waals surface area contributed by atoms with Crippen molar-refractivity contribution in [3.63, 3.8) is 0 Å². The molecular weight excluding hydrogens is 408 g/mol. The average molecular weight is 445 g/mol. The number of methoxy groups -OCH3 is 1. The molecule has 8 heteroatoms. The lowest BCUT2D eigenvalue weighted by molar-refractivity contribution is -0.140. The Bertz CT molecular complexity index is 724. The van der Waals surface area contributed by atoms with Crippen molar-refractivity contribution in [3.05, 3.63) is 23.1 Å². The van der Waals surface area contributed by atoms with Crippen molar-refractivity contribution >= 4 is 21.6 Å². The fourth-order valence-electron chi connectivity index (χ4n) is 3.65. The summed E-state index contributed by atoms with van der Waals surface area (Å²) in [5.74, 6) is -2.32. The third-order valence-electron chi connectivity index (χ3n) is 5.39. The van der Waals surface area contributed by atoms with Crippen molar-refractivity contribution in [1.82, 2.24) is 0 Å². The van der Waals surface area contributed by atoms with Crippen molar-refractivity contribution in [3.8, 4) is 0 Å². The van der Waals surface area contributed by atoms with Crippen LogP contribution in [0.4, 0.5) is 0 Å². The predicted molar refractivity (Wildman–Crippen MR) is 115 cm³/mol. The van der Waals surface area contributed by atoms with Gasteiger partial charge in [-0.25, -0.2) is 8.42 Å². The Morgan fingerprint density at radius 3 is 2.43 bits per heavy atom. The first-order chi connectivity index (χ1) is 14.1. The van der Waals surface area contributed by atoms with E-state index in [1.54, 1.807) is 12.2 Å². The van der Waals surface area contributed by atoms with E-state index in [-0.39, 0.29) is 10.9 Å². The van der Waals surface area contributed by atoms with Crippen LogP contribution in [0.5, 0.6) is 0 Å². The summed E-state index contributed by atoms with van der Waals surface area (Å²) in [5.41, 5.74) is 0. The first-order valence-electron chi connectivity index (χ1n) is 10.7. The molecule has 1 aliphatic rings. The molecule has 0 fully saturated rings. The Hall–Kier alpha value is -1.51. The number of aliphatic hydroxyl groups is 2. The first kappa shape index (κ1) is 26.5. The van der Waals surface area contributed by atoms with Gasteiger partial charge in [0.15, 0.2) is 15.6 Å². The van der Waals surface area contributed by atoms with Gasteiger partial charge in [0.25, 0.3) is 0 Å². The number of ketones is 1. The third kappa shape index (κ3) is 8.70. The molecule has 2 N–H and O–H groups in total. The average Bonchev–Trinajstić information content (AvgIpc) is 3.02. The number of hydrogen-bond acceptors (Lipinski definition) is 7. The molecule has 7 nitrogen and oxygen atoms in total. The van der Waals surface area contributed by atoms with E-state index in [1.807, 2.05) is 0 Å². The maximum absolute atomic E-state index is 12.7. The predicted octanol–water partition coefficient (Wildman–Crippen LogP) is 2.71. The van der Waals surface area contributed by atoms with Gasteiger partial charge in [0.2, 0.25) is 0 Å². The summed E-state index contributed by atoms with van der Waals surface area (Å²) in [6.45, 7) is 2.07. The molecule has 0 aliphatic heterocycles. The molecule has 4 atom stereocenters. The van der Waals surface area contributed by atoms with Crippen molar-refractivity contribution in [2.45, 2.75) is 76.9 Å². The number of aliphatic hydroxyl groups excluding tert-OH is 2. The Morgan fingerprint density at radius 2 is 1.83 bits per heavy atom. The summed E-state index contributed by atoms with van der Waals surface area (Å²) >= 11 is 0. The maximum Gasteiger partial charge on any atom is 0.305 e. The summed E-state index contributed by atoms with van der Waals surface area (Å²) in [5, 5.41) is 20.7. The van der Waals surface area contributed by atoms with E-state index in [1.165, 1.54) is 13.2 Å². The van der Waals surface area contributed by atoms with Gasteiger partial charge >= 0.3 is 5.97 Å². The molecule has 0 aromatic carbocycles. The molecule has 1 rings (SSSR count). The second-order valence-corrected chi connectivity index (χ2v) is 9.95. The fourth-order valence-corrected chi connectivity index (χ4v) is 4.56. The summed E-state index contributed by atoms with van der Waals surface area (Å²) in [6.07, 6.45) is 10.0. The molecule has 1 aliphatic carbocycles. The zero-order valence-corrected chi connectivity index (χ0v) is 19.1. The number of hydrogen-bond donors (Lipinski definition) is 2. The molecule has 0 aromatic rings. The van der Waals surface area contributed by atoms with Gasteiger partial charge in [0, 0.05) is 18.6 Å². The number of rotatable bonds is 14. The highest BCUT2D eigenvalue weighted by Crippen LogP contribution is 2.35. The zero-order valence-electron chi connectivity index (χ0n) is 18.2. The Balaban J connectivity index is 2.76. The normalized spacial score (nSPS) is 21.6. The Morgan fingerprint density at radius 1 is 1.17 bits per heavy atom. The minimum Gasteiger partial charge on any atom is -0.469 e.